The molecule has 0 saturated heterocycles. The van der Waals surface area contributed by atoms with Crippen molar-refractivity contribution in [2.45, 2.75) is 3.67 Å². The molecule has 4 heteroatoms. The summed E-state index contributed by atoms with van der Waals surface area (Å²) in [6, 6.07) is 0. The Bertz CT molecular complexity index is 46.8. The number of rotatable bonds is 1. The van der Waals surface area contributed by atoms with E-state index in [0.717, 1.165) is 27.9 Å². The van der Waals surface area contributed by atoms with Gasteiger partial charge < -0.3 is 6.15 Å². The van der Waals surface area contributed by atoms with Crippen LogP contribution in [0.5, 0.6) is 0 Å². The van der Waals surface area contributed by atoms with E-state index in [0.29, 0.717) is 3.67 Å². The van der Waals surface area contributed by atoms with Crippen molar-refractivity contribution in [2.75, 3.05) is 0 Å². The van der Waals surface area contributed by atoms with Crippen LogP contribution in [0.15, 0.2) is 0 Å². The molecule has 3 nitrogen and oxygen atoms in total. The third-order valence-corrected chi connectivity index (χ3v) is 0.907. The van der Waals surface area contributed by atoms with Gasteiger partial charge in [-0.1, -0.05) is 0 Å². The predicted octanol–water partition coefficient (Wildman–Crippen LogP) is -0.180. The van der Waals surface area contributed by atoms with Crippen molar-refractivity contribution < 1.29 is 9.90 Å². The summed E-state index contributed by atoms with van der Waals surface area (Å²) in [5, 5.41) is 7.76. The SMILES string of the molecule is N.O=C(O)[CH2][Na]. The Balaban J connectivity index is 0. The van der Waals surface area contributed by atoms with E-state index in [1.54, 1.807) is 0 Å². The van der Waals surface area contributed by atoms with Gasteiger partial charge in [-0.25, -0.2) is 0 Å². The van der Waals surface area contributed by atoms with Crippen LogP contribution in [-0.2, 0) is 4.79 Å². The second-order valence-corrected chi connectivity index (χ2v) is 1.45. The van der Waals surface area contributed by atoms with Crippen LogP contribution >= 0.6 is 0 Å². The summed E-state index contributed by atoms with van der Waals surface area (Å²) < 4.78 is 0.361. The number of hydrogen-bond acceptors (Lipinski definition) is 2. The van der Waals surface area contributed by atoms with Crippen LogP contribution in [0.1, 0.15) is 0 Å². The van der Waals surface area contributed by atoms with Gasteiger partial charge in [-0.3, -0.25) is 0 Å². The van der Waals surface area contributed by atoms with E-state index >= 15 is 0 Å². The molecule has 0 aromatic carbocycles. The molecule has 0 atom stereocenters. The minimum atomic E-state index is -0.684. The molecule has 0 aliphatic carbocycles. The molecule has 0 aromatic heterocycles. The van der Waals surface area contributed by atoms with Crippen molar-refractivity contribution in [3.8, 4) is 0 Å². The first-order valence-corrected chi connectivity index (χ1v) is 2.90. The van der Waals surface area contributed by atoms with Crippen molar-refractivity contribution in [2.24, 2.45) is 0 Å². The van der Waals surface area contributed by atoms with Crippen LogP contribution in [-0.4, -0.2) is 39.0 Å². The monoisotopic (exact) mass is 99.0 g/mol. The fourth-order valence-corrected chi connectivity index (χ4v) is 0. The normalized spacial score (nSPS) is 6.33. The van der Waals surface area contributed by atoms with E-state index in [1.165, 1.54) is 0 Å². The van der Waals surface area contributed by atoms with E-state index in [9.17, 15) is 4.79 Å². The van der Waals surface area contributed by atoms with Gasteiger partial charge in [0.25, 0.3) is 0 Å². The van der Waals surface area contributed by atoms with E-state index in [-0.39, 0.29) is 6.15 Å². The molecule has 32 valence electrons. The third kappa shape index (κ3) is 8.83. The van der Waals surface area contributed by atoms with Gasteiger partial charge in [0, 0.05) is 0 Å². The second-order valence-electron chi connectivity index (χ2n) is 0.747. The van der Waals surface area contributed by atoms with Gasteiger partial charge in [0.15, 0.2) is 0 Å². The Labute approximate surface area is 53.7 Å². The van der Waals surface area contributed by atoms with Gasteiger partial charge in [-0.15, -0.1) is 0 Å². The summed E-state index contributed by atoms with van der Waals surface area (Å²) in [5.74, 6) is -0.684. The molecule has 4 N–H and O–H groups in total. The number of carboxylic acid groups (broad SMARTS) is 1. The third-order valence-electron chi connectivity index (χ3n) is 0.302. The Morgan fingerprint density at radius 3 is 2.00 bits per heavy atom. The maximum absolute atomic E-state index is 9.40. The number of hydrogen-bond donors (Lipinski definition) is 2. The maximum atomic E-state index is 9.40. The number of aliphatic carboxylic acids is 1. The molecular formula is C2H6NNaO2. The zero-order chi connectivity index (χ0) is 4.28. The van der Waals surface area contributed by atoms with E-state index in [4.69, 9.17) is 5.11 Å². The summed E-state index contributed by atoms with van der Waals surface area (Å²) in [6.45, 7) is 0. The zero-order valence-electron chi connectivity index (χ0n) is 3.77. The average molecular weight is 99.1 g/mol. The fourth-order valence-electron chi connectivity index (χ4n) is 0. The molecule has 0 aliphatic heterocycles. The average Bonchev–Trinajstić information content (AvgIpc) is 1.38. The molecular weight excluding hydrogens is 93.0 g/mol. The first-order chi connectivity index (χ1) is 2.27. The molecule has 0 aliphatic rings. The topological polar surface area (TPSA) is 72.3 Å². The van der Waals surface area contributed by atoms with Crippen molar-refractivity contribution >= 4 is 33.9 Å². The van der Waals surface area contributed by atoms with Gasteiger partial charge >= 0.3 is 47.5 Å². The van der Waals surface area contributed by atoms with Gasteiger partial charge in [0.1, 0.15) is 0 Å². The van der Waals surface area contributed by atoms with Gasteiger partial charge in [-0.05, 0) is 0 Å². The first-order valence-electron chi connectivity index (χ1n) is 1.49. The molecule has 0 radical (unpaired) electrons. The quantitative estimate of drug-likeness (QED) is 0.448. The number of carboxylic acids is 1. The summed E-state index contributed by atoms with van der Waals surface area (Å²) in [7, 11) is 0. The molecule has 0 amide bonds. The van der Waals surface area contributed by atoms with Gasteiger partial charge in [-0.2, -0.15) is 0 Å². The Morgan fingerprint density at radius 2 is 2.00 bits per heavy atom. The van der Waals surface area contributed by atoms with Crippen molar-refractivity contribution in [3.05, 3.63) is 0 Å². The first kappa shape index (κ1) is 9.66. The number of carbonyl (C=O) groups is 1. The van der Waals surface area contributed by atoms with Crippen LogP contribution in [0.2, 0.25) is 3.67 Å². The van der Waals surface area contributed by atoms with Crippen molar-refractivity contribution in [1.29, 1.82) is 0 Å². The molecule has 0 aromatic rings. The molecule has 0 bridgehead atoms. The standard InChI is InChI=1S/C2H3O2.H3N.Na/c1-2(3)4;;/h1H2,(H,3,4);1H3;. The predicted molar refractivity (Wildman–Crippen MR) is 23.2 cm³/mol. The van der Waals surface area contributed by atoms with Crippen LogP contribution in [0.3, 0.4) is 0 Å². The molecule has 0 rings (SSSR count). The van der Waals surface area contributed by atoms with Crippen LogP contribution < -0.4 is 6.15 Å². The summed E-state index contributed by atoms with van der Waals surface area (Å²) in [4.78, 5) is 9.40. The molecule has 0 fully saturated rings. The van der Waals surface area contributed by atoms with Crippen LogP contribution in [0.4, 0.5) is 0 Å². The Hall–Kier alpha value is 0.430. The Morgan fingerprint density at radius 1 is 1.83 bits per heavy atom. The fraction of sp³-hybridized carbons (Fsp3) is 0.500. The molecule has 6 heavy (non-hydrogen) atoms. The van der Waals surface area contributed by atoms with E-state index in [1.807, 2.05) is 0 Å². The van der Waals surface area contributed by atoms with Crippen LogP contribution in [0, 0.1) is 0 Å². The van der Waals surface area contributed by atoms with Crippen molar-refractivity contribution in [3.63, 3.8) is 0 Å². The van der Waals surface area contributed by atoms with Crippen molar-refractivity contribution in [1.82, 2.24) is 6.15 Å². The molecule has 0 unspecified atom stereocenters. The van der Waals surface area contributed by atoms with Gasteiger partial charge in [0.2, 0.25) is 0 Å². The van der Waals surface area contributed by atoms with Crippen LogP contribution in [0.25, 0.3) is 0 Å². The summed E-state index contributed by atoms with van der Waals surface area (Å²) in [6.07, 6.45) is 0. The van der Waals surface area contributed by atoms with E-state index < -0.39 is 5.97 Å². The van der Waals surface area contributed by atoms with E-state index in [2.05, 4.69) is 0 Å². The zero-order valence-corrected chi connectivity index (χ0v) is 5.77. The Kier molecular flexibility index (Phi) is 8.74. The second kappa shape index (κ2) is 5.43. The minimum absolute atomic E-state index is 0. The molecule has 0 spiro atoms. The van der Waals surface area contributed by atoms with Gasteiger partial charge in [0.05, 0.1) is 0 Å². The molecule has 0 saturated carbocycles. The summed E-state index contributed by atoms with van der Waals surface area (Å²) in [5.41, 5.74) is 0. The summed E-state index contributed by atoms with van der Waals surface area (Å²) >= 11 is 0.774. The molecule has 0 heterocycles.